The van der Waals surface area contributed by atoms with Crippen molar-refractivity contribution in [3.63, 3.8) is 0 Å². The van der Waals surface area contributed by atoms with E-state index in [-0.39, 0.29) is 48.2 Å². The zero-order valence-corrected chi connectivity index (χ0v) is 17.1. The molecule has 1 saturated carbocycles. The summed E-state index contributed by atoms with van der Waals surface area (Å²) in [6.45, 7) is 1.47. The molecule has 0 aromatic heterocycles. The van der Waals surface area contributed by atoms with Gasteiger partial charge >= 0.3 is 0 Å². The van der Waals surface area contributed by atoms with Crippen LogP contribution in [0, 0.1) is 11.7 Å². The third-order valence-corrected chi connectivity index (χ3v) is 8.19. The van der Waals surface area contributed by atoms with E-state index in [0.717, 1.165) is 37.8 Å². The average molecular weight is 424 g/mol. The highest BCUT2D eigenvalue weighted by atomic mass is 32.2. The lowest BCUT2D eigenvalue weighted by atomic mass is 10.1. The van der Waals surface area contributed by atoms with Gasteiger partial charge in [0, 0.05) is 45.2 Å². The van der Waals surface area contributed by atoms with Crippen molar-refractivity contribution in [3.05, 3.63) is 30.1 Å². The first kappa shape index (κ1) is 20.3. The Hall–Kier alpha value is -2.00. The van der Waals surface area contributed by atoms with Crippen LogP contribution in [-0.4, -0.2) is 73.1 Å². The summed E-state index contributed by atoms with van der Waals surface area (Å²) in [4.78, 5) is 28.9. The van der Waals surface area contributed by atoms with Crippen molar-refractivity contribution in [2.24, 2.45) is 5.92 Å². The van der Waals surface area contributed by atoms with Gasteiger partial charge in [-0.2, -0.15) is 4.31 Å². The normalized spacial score (nSPS) is 24.4. The fraction of sp³-hybridized carbons (Fsp3) is 0.600. The molecule has 7 nitrogen and oxygen atoms in total. The first-order valence-electron chi connectivity index (χ1n) is 10.2. The fourth-order valence-corrected chi connectivity index (χ4v) is 6.05. The molecule has 2 amide bonds. The SMILES string of the molecule is O=C([C@H]1CC(=O)N(C2CCCC2)C1)N1CCN(S(=O)(=O)c2ccc(F)cc2)CC1. The number of likely N-dealkylation sites (tertiary alicyclic amines) is 1. The zero-order valence-electron chi connectivity index (χ0n) is 16.3. The molecule has 2 aliphatic heterocycles. The van der Waals surface area contributed by atoms with Crippen molar-refractivity contribution in [1.82, 2.24) is 14.1 Å². The Bertz CT molecular complexity index is 875. The van der Waals surface area contributed by atoms with Gasteiger partial charge in [0.2, 0.25) is 21.8 Å². The second-order valence-corrected chi connectivity index (χ2v) is 10.0. The molecule has 0 unspecified atom stereocenters. The van der Waals surface area contributed by atoms with E-state index in [1.807, 2.05) is 4.90 Å². The number of hydrogen-bond acceptors (Lipinski definition) is 4. The number of sulfonamides is 1. The van der Waals surface area contributed by atoms with E-state index in [9.17, 15) is 22.4 Å². The van der Waals surface area contributed by atoms with E-state index in [1.54, 1.807) is 4.90 Å². The van der Waals surface area contributed by atoms with Crippen LogP contribution in [0.25, 0.3) is 0 Å². The Morgan fingerprint density at radius 1 is 1.00 bits per heavy atom. The minimum Gasteiger partial charge on any atom is -0.340 e. The van der Waals surface area contributed by atoms with E-state index in [2.05, 4.69) is 0 Å². The Labute approximate surface area is 170 Å². The Kier molecular flexibility index (Phi) is 5.61. The van der Waals surface area contributed by atoms with Crippen LogP contribution >= 0.6 is 0 Å². The summed E-state index contributed by atoms with van der Waals surface area (Å²) in [7, 11) is -3.71. The lowest BCUT2D eigenvalue weighted by molar-refractivity contribution is -0.137. The lowest BCUT2D eigenvalue weighted by Gasteiger charge is -2.35. The van der Waals surface area contributed by atoms with Crippen molar-refractivity contribution in [3.8, 4) is 0 Å². The van der Waals surface area contributed by atoms with Crippen LogP contribution in [0.5, 0.6) is 0 Å². The topological polar surface area (TPSA) is 78.0 Å². The molecule has 1 aromatic carbocycles. The van der Waals surface area contributed by atoms with Crippen molar-refractivity contribution in [2.75, 3.05) is 32.7 Å². The third kappa shape index (κ3) is 4.02. The third-order valence-electron chi connectivity index (χ3n) is 6.27. The molecule has 158 valence electrons. The maximum atomic E-state index is 13.1. The molecule has 4 rings (SSSR count). The predicted molar refractivity (Wildman–Crippen MR) is 104 cm³/mol. The van der Waals surface area contributed by atoms with Gasteiger partial charge in [-0.1, -0.05) is 12.8 Å². The largest absolute Gasteiger partial charge is 0.340 e. The molecule has 1 aliphatic carbocycles. The summed E-state index contributed by atoms with van der Waals surface area (Å²) in [5.74, 6) is -0.814. The molecular weight excluding hydrogens is 397 g/mol. The minimum absolute atomic E-state index is 0.0484. The number of piperazine rings is 1. The number of nitrogens with zero attached hydrogens (tertiary/aromatic N) is 3. The quantitative estimate of drug-likeness (QED) is 0.734. The van der Waals surface area contributed by atoms with E-state index in [1.165, 1.54) is 16.4 Å². The van der Waals surface area contributed by atoms with E-state index >= 15 is 0 Å². The maximum Gasteiger partial charge on any atom is 0.243 e. The summed E-state index contributed by atoms with van der Waals surface area (Å²) in [6.07, 6.45) is 4.57. The predicted octanol–water partition coefficient (Wildman–Crippen LogP) is 1.45. The number of rotatable bonds is 4. The molecule has 29 heavy (non-hydrogen) atoms. The molecule has 2 saturated heterocycles. The Morgan fingerprint density at radius 2 is 1.62 bits per heavy atom. The molecule has 3 aliphatic rings. The highest BCUT2D eigenvalue weighted by Crippen LogP contribution is 2.30. The summed E-state index contributed by atoms with van der Waals surface area (Å²) < 4.78 is 39.8. The molecule has 0 N–H and O–H groups in total. The molecule has 0 bridgehead atoms. The van der Waals surface area contributed by atoms with E-state index < -0.39 is 15.8 Å². The molecular formula is C20H26FN3O4S. The summed E-state index contributed by atoms with van der Waals surface area (Å²) in [6, 6.07) is 5.03. The van der Waals surface area contributed by atoms with Gasteiger partial charge in [-0.15, -0.1) is 0 Å². The van der Waals surface area contributed by atoms with Gasteiger partial charge in [-0.3, -0.25) is 9.59 Å². The summed E-state index contributed by atoms with van der Waals surface area (Å²) in [5.41, 5.74) is 0. The number of carbonyl (C=O) groups excluding carboxylic acids is 2. The Morgan fingerprint density at radius 3 is 2.24 bits per heavy atom. The molecule has 9 heteroatoms. The first-order chi connectivity index (χ1) is 13.9. The Balaban J connectivity index is 1.35. The molecule has 0 radical (unpaired) electrons. The number of benzene rings is 1. The van der Waals surface area contributed by atoms with Gasteiger partial charge in [0.05, 0.1) is 10.8 Å². The fourth-order valence-electron chi connectivity index (χ4n) is 4.63. The van der Waals surface area contributed by atoms with Crippen LogP contribution in [0.15, 0.2) is 29.2 Å². The van der Waals surface area contributed by atoms with Crippen molar-refractivity contribution < 1.29 is 22.4 Å². The number of amides is 2. The van der Waals surface area contributed by atoms with Gasteiger partial charge < -0.3 is 9.80 Å². The molecule has 3 fully saturated rings. The molecule has 2 heterocycles. The first-order valence-corrected chi connectivity index (χ1v) is 11.6. The van der Waals surface area contributed by atoms with Crippen molar-refractivity contribution in [1.29, 1.82) is 0 Å². The maximum absolute atomic E-state index is 13.1. The minimum atomic E-state index is -3.71. The molecule has 1 atom stereocenters. The van der Waals surface area contributed by atoms with Gasteiger partial charge in [0.25, 0.3) is 0 Å². The van der Waals surface area contributed by atoms with Gasteiger partial charge in [0.1, 0.15) is 5.82 Å². The van der Waals surface area contributed by atoms with Gasteiger partial charge in [-0.05, 0) is 37.1 Å². The van der Waals surface area contributed by atoms with Gasteiger partial charge in [0.15, 0.2) is 0 Å². The van der Waals surface area contributed by atoms with Crippen molar-refractivity contribution >= 4 is 21.8 Å². The van der Waals surface area contributed by atoms with Crippen LogP contribution in [0.3, 0.4) is 0 Å². The highest BCUT2D eigenvalue weighted by Gasteiger charge is 2.41. The van der Waals surface area contributed by atoms with Crippen LogP contribution in [0.1, 0.15) is 32.1 Å². The molecule has 1 aromatic rings. The van der Waals surface area contributed by atoms with Crippen LogP contribution < -0.4 is 0 Å². The number of halogens is 1. The smallest absolute Gasteiger partial charge is 0.243 e. The number of hydrogen-bond donors (Lipinski definition) is 0. The van der Waals surface area contributed by atoms with Crippen molar-refractivity contribution in [2.45, 2.75) is 43.0 Å². The standard InChI is InChI=1S/C20H26FN3O4S/c21-16-5-7-18(8-6-16)29(27,28)23-11-9-22(10-12-23)20(26)15-13-19(25)24(14-15)17-3-1-2-4-17/h5-8,15,17H,1-4,9-14H2/t15-/m0/s1. The second-order valence-electron chi connectivity index (χ2n) is 8.07. The molecule has 0 spiro atoms. The van der Waals surface area contributed by atoms with Crippen LogP contribution in [-0.2, 0) is 19.6 Å². The van der Waals surface area contributed by atoms with Crippen LogP contribution in [0.4, 0.5) is 4.39 Å². The summed E-state index contributed by atoms with van der Waals surface area (Å²) >= 11 is 0. The van der Waals surface area contributed by atoms with E-state index in [4.69, 9.17) is 0 Å². The van der Waals surface area contributed by atoms with E-state index in [0.29, 0.717) is 19.6 Å². The number of carbonyl (C=O) groups is 2. The lowest BCUT2D eigenvalue weighted by Crippen LogP contribution is -2.52. The van der Waals surface area contributed by atoms with Crippen LogP contribution in [0.2, 0.25) is 0 Å². The average Bonchev–Trinajstić information content (AvgIpc) is 3.37. The second kappa shape index (κ2) is 8.02. The summed E-state index contributed by atoms with van der Waals surface area (Å²) in [5, 5.41) is 0. The zero-order chi connectivity index (χ0) is 20.6. The highest BCUT2D eigenvalue weighted by molar-refractivity contribution is 7.89. The van der Waals surface area contributed by atoms with Gasteiger partial charge in [-0.25, -0.2) is 12.8 Å². The monoisotopic (exact) mass is 423 g/mol.